The molecular formula is C23H15Cl2N3O3S. The van der Waals surface area contributed by atoms with Gasteiger partial charge in [0.25, 0.3) is 5.56 Å². The summed E-state index contributed by atoms with van der Waals surface area (Å²) in [7, 11) is 0. The van der Waals surface area contributed by atoms with Gasteiger partial charge in [-0.3, -0.25) is 4.79 Å². The van der Waals surface area contributed by atoms with Crippen LogP contribution in [0.4, 0.5) is 0 Å². The predicted molar refractivity (Wildman–Crippen MR) is 127 cm³/mol. The molecule has 0 aliphatic carbocycles. The van der Waals surface area contributed by atoms with Crippen LogP contribution < -0.4 is 14.8 Å². The average molecular weight is 484 g/mol. The Hall–Kier alpha value is -3.13. The van der Waals surface area contributed by atoms with Crippen molar-refractivity contribution >= 4 is 45.6 Å². The number of halogens is 2. The predicted octanol–water partition coefficient (Wildman–Crippen LogP) is 5.33. The molecule has 3 aromatic heterocycles. The maximum atomic E-state index is 12.8. The van der Waals surface area contributed by atoms with Crippen LogP contribution in [-0.2, 0) is 0 Å². The Morgan fingerprint density at radius 1 is 1.06 bits per heavy atom. The van der Waals surface area contributed by atoms with E-state index in [1.165, 1.54) is 15.9 Å². The number of hydrogen-bond acceptors (Lipinski definition) is 6. The first-order valence-electron chi connectivity index (χ1n) is 9.71. The van der Waals surface area contributed by atoms with Crippen LogP contribution in [-0.4, -0.2) is 21.2 Å². The fraction of sp³-hybridized carbons (Fsp3) is 0.0870. The lowest BCUT2D eigenvalue weighted by molar-refractivity contribution is 0.340. The van der Waals surface area contributed by atoms with Crippen LogP contribution in [0.3, 0.4) is 0 Å². The number of furan rings is 1. The molecule has 0 N–H and O–H groups in total. The van der Waals surface area contributed by atoms with E-state index >= 15 is 0 Å². The molecule has 2 aromatic carbocycles. The third-order valence-electron chi connectivity index (χ3n) is 4.71. The smallest absolute Gasteiger partial charge is 0.291 e. The SMILES string of the molecule is CCOc1ccc(-c2nc3s/c(=C\c4ccc(-c5ccc(Cl)c(Cl)c5)o4)c(=O)n3n2)cc1. The zero-order valence-corrected chi connectivity index (χ0v) is 19.0. The molecule has 0 amide bonds. The first kappa shape index (κ1) is 20.8. The van der Waals surface area contributed by atoms with Crippen molar-refractivity contribution in [1.29, 1.82) is 0 Å². The zero-order chi connectivity index (χ0) is 22.2. The summed E-state index contributed by atoms with van der Waals surface area (Å²) >= 11 is 13.3. The van der Waals surface area contributed by atoms with E-state index in [0.717, 1.165) is 16.9 Å². The standard InChI is InChI=1S/C23H15Cl2N3O3S/c1-2-30-15-6-3-13(4-7-15)21-26-23-28(27-21)22(29)20(32-23)12-16-8-10-19(31-16)14-5-9-17(24)18(25)11-14/h3-12H,2H2,1H3/b20-12-. The molecule has 32 heavy (non-hydrogen) atoms. The molecule has 0 fully saturated rings. The second-order valence-electron chi connectivity index (χ2n) is 6.83. The summed E-state index contributed by atoms with van der Waals surface area (Å²) in [5.41, 5.74) is 1.36. The van der Waals surface area contributed by atoms with Gasteiger partial charge in [0.2, 0.25) is 4.96 Å². The third kappa shape index (κ3) is 3.90. The van der Waals surface area contributed by atoms with Crippen molar-refractivity contribution in [1.82, 2.24) is 14.6 Å². The van der Waals surface area contributed by atoms with Gasteiger partial charge in [-0.1, -0.05) is 34.5 Å². The van der Waals surface area contributed by atoms with Gasteiger partial charge in [-0.2, -0.15) is 9.50 Å². The Bertz CT molecular complexity index is 1540. The fourth-order valence-electron chi connectivity index (χ4n) is 3.19. The van der Waals surface area contributed by atoms with Crippen LogP contribution in [0.5, 0.6) is 5.75 Å². The highest BCUT2D eigenvalue weighted by molar-refractivity contribution is 7.15. The highest BCUT2D eigenvalue weighted by Gasteiger charge is 2.13. The molecular weight excluding hydrogens is 469 g/mol. The van der Waals surface area contributed by atoms with Crippen molar-refractivity contribution in [2.45, 2.75) is 6.92 Å². The van der Waals surface area contributed by atoms with Crippen LogP contribution in [0.1, 0.15) is 12.7 Å². The monoisotopic (exact) mass is 483 g/mol. The van der Waals surface area contributed by atoms with Gasteiger partial charge in [-0.15, -0.1) is 5.10 Å². The Balaban J connectivity index is 1.46. The van der Waals surface area contributed by atoms with Crippen LogP contribution in [0, 0.1) is 0 Å². The first-order chi connectivity index (χ1) is 15.5. The first-order valence-corrected chi connectivity index (χ1v) is 11.3. The van der Waals surface area contributed by atoms with Crippen LogP contribution in [0.15, 0.2) is 63.8 Å². The lowest BCUT2D eigenvalue weighted by Crippen LogP contribution is -2.23. The van der Waals surface area contributed by atoms with Crippen LogP contribution in [0.2, 0.25) is 10.0 Å². The van der Waals surface area contributed by atoms with E-state index in [9.17, 15) is 4.79 Å². The summed E-state index contributed by atoms with van der Waals surface area (Å²) in [4.78, 5) is 17.8. The lowest BCUT2D eigenvalue weighted by atomic mass is 10.2. The number of benzene rings is 2. The zero-order valence-electron chi connectivity index (χ0n) is 16.7. The second kappa shape index (κ2) is 8.43. The summed E-state index contributed by atoms with van der Waals surface area (Å²) in [6.45, 7) is 2.53. The number of ether oxygens (including phenoxy) is 1. The molecule has 5 rings (SSSR count). The molecule has 0 aliphatic heterocycles. The van der Waals surface area contributed by atoms with E-state index < -0.39 is 0 Å². The van der Waals surface area contributed by atoms with E-state index in [1.54, 1.807) is 24.3 Å². The summed E-state index contributed by atoms with van der Waals surface area (Å²) in [5, 5.41) is 5.30. The molecule has 3 heterocycles. The van der Waals surface area contributed by atoms with Crippen LogP contribution >= 0.6 is 34.5 Å². The number of hydrogen-bond donors (Lipinski definition) is 0. The third-order valence-corrected chi connectivity index (χ3v) is 6.41. The topological polar surface area (TPSA) is 69.6 Å². The molecule has 9 heteroatoms. The molecule has 0 aliphatic rings. The number of rotatable bonds is 5. The van der Waals surface area contributed by atoms with Gasteiger partial charge >= 0.3 is 0 Å². The summed E-state index contributed by atoms with van der Waals surface area (Å²) in [6.07, 6.45) is 1.68. The van der Waals surface area contributed by atoms with Gasteiger partial charge in [0.15, 0.2) is 5.82 Å². The Kier molecular flexibility index (Phi) is 5.46. The minimum absolute atomic E-state index is 0.248. The van der Waals surface area contributed by atoms with E-state index in [0.29, 0.717) is 43.5 Å². The largest absolute Gasteiger partial charge is 0.494 e. The van der Waals surface area contributed by atoms with Crippen molar-refractivity contribution in [3.8, 4) is 28.5 Å². The molecule has 0 saturated heterocycles. The van der Waals surface area contributed by atoms with E-state index in [1.807, 2.05) is 43.3 Å². The maximum absolute atomic E-state index is 12.8. The van der Waals surface area contributed by atoms with Gasteiger partial charge in [-0.25, -0.2) is 0 Å². The second-order valence-corrected chi connectivity index (χ2v) is 8.66. The van der Waals surface area contributed by atoms with Crippen molar-refractivity contribution in [3.63, 3.8) is 0 Å². The van der Waals surface area contributed by atoms with Crippen LogP contribution in [0.25, 0.3) is 33.7 Å². The molecule has 0 spiro atoms. The van der Waals surface area contributed by atoms with E-state index in [4.69, 9.17) is 32.4 Å². The van der Waals surface area contributed by atoms with Gasteiger partial charge < -0.3 is 9.15 Å². The van der Waals surface area contributed by atoms with Crippen molar-refractivity contribution in [3.05, 3.63) is 85.3 Å². The van der Waals surface area contributed by atoms with Gasteiger partial charge in [0.05, 0.1) is 16.7 Å². The minimum atomic E-state index is -0.248. The Morgan fingerprint density at radius 2 is 1.84 bits per heavy atom. The number of thiazole rings is 1. The normalized spacial score (nSPS) is 12.0. The summed E-state index contributed by atoms with van der Waals surface area (Å²) in [5.74, 6) is 2.43. The van der Waals surface area contributed by atoms with Crippen molar-refractivity contribution in [2.24, 2.45) is 0 Å². The van der Waals surface area contributed by atoms with E-state index in [-0.39, 0.29) is 5.56 Å². The molecule has 160 valence electrons. The Labute approximate surface area is 196 Å². The Morgan fingerprint density at radius 3 is 2.56 bits per heavy atom. The average Bonchev–Trinajstić information content (AvgIpc) is 3.49. The van der Waals surface area contributed by atoms with Crippen molar-refractivity contribution < 1.29 is 9.15 Å². The summed E-state index contributed by atoms with van der Waals surface area (Å²) in [6, 6.07) is 16.3. The molecule has 5 aromatic rings. The highest BCUT2D eigenvalue weighted by Crippen LogP contribution is 2.29. The molecule has 6 nitrogen and oxygen atoms in total. The molecule has 0 atom stereocenters. The van der Waals surface area contributed by atoms with Gasteiger partial charge in [0.1, 0.15) is 21.8 Å². The van der Waals surface area contributed by atoms with E-state index in [2.05, 4.69) is 10.1 Å². The van der Waals surface area contributed by atoms with Gasteiger partial charge in [0, 0.05) is 17.2 Å². The highest BCUT2D eigenvalue weighted by atomic mass is 35.5. The quantitative estimate of drug-likeness (QED) is 0.337. The lowest BCUT2D eigenvalue weighted by Gasteiger charge is -2.02. The molecule has 0 unspecified atom stereocenters. The molecule has 0 radical (unpaired) electrons. The maximum Gasteiger partial charge on any atom is 0.291 e. The number of fused-ring (bicyclic) bond motifs is 1. The minimum Gasteiger partial charge on any atom is -0.494 e. The molecule has 0 bridgehead atoms. The molecule has 0 saturated carbocycles. The van der Waals surface area contributed by atoms with Crippen molar-refractivity contribution in [2.75, 3.05) is 6.61 Å². The summed E-state index contributed by atoms with van der Waals surface area (Å²) < 4.78 is 13.1. The number of nitrogens with zero attached hydrogens (tertiary/aromatic N) is 3. The fourth-order valence-corrected chi connectivity index (χ4v) is 4.37. The number of aromatic nitrogens is 3. The van der Waals surface area contributed by atoms with Gasteiger partial charge in [-0.05, 0) is 61.5 Å².